The lowest BCUT2D eigenvalue weighted by Gasteiger charge is -2.06. The van der Waals surface area contributed by atoms with E-state index in [2.05, 4.69) is 0 Å². The van der Waals surface area contributed by atoms with Crippen LogP contribution < -0.4 is 0 Å². The standard InChI is InChI=1S/C13H15NO3/c1-10-7-8-12(17-10)9-13(14(15)16)11-5-3-2-4-6-11/h2-6,9-10,12H,7-8H2,1H3/b13-9+. The van der Waals surface area contributed by atoms with Gasteiger partial charge < -0.3 is 4.74 Å². The fourth-order valence-corrected chi connectivity index (χ4v) is 2.00. The van der Waals surface area contributed by atoms with E-state index in [1.54, 1.807) is 30.3 Å². The van der Waals surface area contributed by atoms with E-state index in [1.165, 1.54) is 0 Å². The lowest BCUT2D eigenvalue weighted by atomic mass is 10.1. The lowest BCUT2D eigenvalue weighted by Crippen LogP contribution is -2.08. The zero-order valence-corrected chi connectivity index (χ0v) is 9.70. The Morgan fingerprint density at radius 2 is 2.12 bits per heavy atom. The van der Waals surface area contributed by atoms with E-state index >= 15 is 0 Å². The van der Waals surface area contributed by atoms with Gasteiger partial charge in [0, 0.05) is 6.08 Å². The number of benzene rings is 1. The molecule has 1 saturated heterocycles. The minimum atomic E-state index is -0.346. The van der Waals surface area contributed by atoms with Crippen molar-refractivity contribution in [3.8, 4) is 0 Å². The molecule has 0 aliphatic carbocycles. The molecule has 0 amide bonds. The fourth-order valence-electron chi connectivity index (χ4n) is 2.00. The van der Waals surface area contributed by atoms with Crippen molar-refractivity contribution < 1.29 is 9.66 Å². The molecule has 1 fully saturated rings. The molecule has 0 saturated carbocycles. The van der Waals surface area contributed by atoms with E-state index in [0.29, 0.717) is 5.56 Å². The Labute approximate surface area is 100 Å². The maximum atomic E-state index is 11.1. The van der Waals surface area contributed by atoms with E-state index in [-0.39, 0.29) is 22.8 Å². The van der Waals surface area contributed by atoms with Crippen molar-refractivity contribution in [3.05, 3.63) is 52.1 Å². The monoisotopic (exact) mass is 233 g/mol. The Morgan fingerprint density at radius 1 is 1.41 bits per heavy atom. The van der Waals surface area contributed by atoms with Crippen LogP contribution in [0.4, 0.5) is 0 Å². The van der Waals surface area contributed by atoms with E-state index in [1.807, 2.05) is 13.0 Å². The number of nitrogens with zero attached hydrogens (tertiary/aromatic N) is 1. The van der Waals surface area contributed by atoms with Crippen LogP contribution in [0.3, 0.4) is 0 Å². The fraction of sp³-hybridized carbons (Fsp3) is 0.385. The topological polar surface area (TPSA) is 52.4 Å². The van der Waals surface area contributed by atoms with Crippen molar-refractivity contribution in [1.82, 2.24) is 0 Å². The average Bonchev–Trinajstić information content (AvgIpc) is 2.73. The molecular formula is C13H15NO3. The summed E-state index contributed by atoms with van der Waals surface area (Å²) in [6.07, 6.45) is 3.50. The molecule has 0 N–H and O–H groups in total. The molecule has 1 aromatic carbocycles. The number of hydrogen-bond acceptors (Lipinski definition) is 3. The van der Waals surface area contributed by atoms with Crippen molar-refractivity contribution >= 4 is 5.70 Å². The summed E-state index contributed by atoms with van der Waals surface area (Å²) in [5.41, 5.74) is 0.755. The molecular weight excluding hydrogens is 218 g/mol. The summed E-state index contributed by atoms with van der Waals surface area (Å²) in [7, 11) is 0. The van der Waals surface area contributed by atoms with Crippen LogP contribution >= 0.6 is 0 Å². The van der Waals surface area contributed by atoms with Crippen molar-refractivity contribution in [2.75, 3.05) is 0 Å². The SMILES string of the molecule is CC1CCC(/C=C(\c2ccccc2)[N+](=O)[O-])O1. The molecule has 17 heavy (non-hydrogen) atoms. The molecule has 0 aromatic heterocycles. The Hall–Kier alpha value is -1.68. The summed E-state index contributed by atoms with van der Waals surface area (Å²) in [5.74, 6) is 0. The van der Waals surface area contributed by atoms with Crippen LogP contribution in [0.5, 0.6) is 0 Å². The zero-order valence-electron chi connectivity index (χ0n) is 9.70. The zero-order chi connectivity index (χ0) is 12.3. The molecule has 4 heteroatoms. The van der Waals surface area contributed by atoms with Crippen molar-refractivity contribution in [2.24, 2.45) is 0 Å². The highest BCUT2D eigenvalue weighted by Gasteiger charge is 2.24. The second kappa shape index (κ2) is 5.10. The van der Waals surface area contributed by atoms with Gasteiger partial charge in [0.2, 0.25) is 0 Å². The molecule has 0 bridgehead atoms. The summed E-state index contributed by atoms with van der Waals surface area (Å²) in [6.45, 7) is 1.99. The van der Waals surface area contributed by atoms with Crippen LogP contribution in [-0.2, 0) is 4.74 Å². The Morgan fingerprint density at radius 3 is 2.65 bits per heavy atom. The maximum absolute atomic E-state index is 11.1. The summed E-state index contributed by atoms with van der Waals surface area (Å²) in [4.78, 5) is 10.7. The largest absolute Gasteiger partial charge is 0.371 e. The summed E-state index contributed by atoms with van der Waals surface area (Å²) < 4.78 is 5.58. The van der Waals surface area contributed by atoms with Crippen molar-refractivity contribution in [2.45, 2.75) is 32.0 Å². The molecule has 4 nitrogen and oxygen atoms in total. The third kappa shape index (κ3) is 2.91. The highest BCUT2D eigenvalue weighted by atomic mass is 16.6. The minimum absolute atomic E-state index is 0.129. The number of hydrogen-bond donors (Lipinski definition) is 0. The normalized spacial score (nSPS) is 24.9. The van der Waals surface area contributed by atoms with Gasteiger partial charge in [0.15, 0.2) is 0 Å². The summed E-state index contributed by atoms with van der Waals surface area (Å²) in [6, 6.07) is 8.92. The first-order valence-corrected chi connectivity index (χ1v) is 5.74. The molecule has 2 atom stereocenters. The molecule has 2 rings (SSSR count). The van der Waals surface area contributed by atoms with Crippen molar-refractivity contribution in [1.29, 1.82) is 0 Å². The van der Waals surface area contributed by atoms with Gasteiger partial charge in [-0.3, -0.25) is 10.1 Å². The third-order valence-corrected chi connectivity index (χ3v) is 2.87. The van der Waals surface area contributed by atoms with Gasteiger partial charge in [-0.1, -0.05) is 18.2 Å². The van der Waals surface area contributed by atoms with Crippen LogP contribution in [0, 0.1) is 10.1 Å². The third-order valence-electron chi connectivity index (χ3n) is 2.87. The van der Waals surface area contributed by atoms with Gasteiger partial charge in [0.1, 0.15) is 0 Å². The van der Waals surface area contributed by atoms with E-state index in [4.69, 9.17) is 4.74 Å². The molecule has 0 radical (unpaired) electrons. The lowest BCUT2D eigenvalue weighted by molar-refractivity contribution is -0.375. The Bertz CT molecular complexity index is 428. The van der Waals surface area contributed by atoms with Gasteiger partial charge in [-0.15, -0.1) is 0 Å². The Kier molecular flexibility index (Phi) is 3.54. The second-order valence-corrected chi connectivity index (χ2v) is 4.24. The van der Waals surface area contributed by atoms with E-state index in [0.717, 1.165) is 12.8 Å². The summed E-state index contributed by atoms with van der Waals surface area (Å²) in [5, 5.41) is 11.1. The van der Waals surface area contributed by atoms with Gasteiger partial charge in [0.05, 0.1) is 22.7 Å². The van der Waals surface area contributed by atoms with Crippen LogP contribution in [0.15, 0.2) is 36.4 Å². The highest BCUT2D eigenvalue weighted by molar-refractivity contribution is 5.58. The predicted octanol–water partition coefficient (Wildman–Crippen LogP) is 2.87. The number of rotatable bonds is 3. The first kappa shape index (κ1) is 11.8. The van der Waals surface area contributed by atoms with Crippen LogP contribution in [0.1, 0.15) is 25.3 Å². The molecule has 2 unspecified atom stereocenters. The molecule has 1 aliphatic heterocycles. The van der Waals surface area contributed by atoms with Gasteiger partial charge in [-0.05, 0) is 31.9 Å². The molecule has 1 heterocycles. The molecule has 1 aliphatic rings. The molecule has 90 valence electrons. The Balaban J connectivity index is 2.24. The van der Waals surface area contributed by atoms with Crippen LogP contribution in [0.2, 0.25) is 0 Å². The quantitative estimate of drug-likeness (QED) is 0.595. The van der Waals surface area contributed by atoms with Crippen LogP contribution in [-0.4, -0.2) is 17.1 Å². The van der Waals surface area contributed by atoms with Crippen LogP contribution in [0.25, 0.3) is 5.70 Å². The van der Waals surface area contributed by atoms with Gasteiger partial charge >= 0.3 is 0 Å². The van der Waals surface area contributed by atoms with Crippen molar-refractivity contribution in [3.63, 3.8) is 0 Å². The van der Waals surface area contributed by atoms with E-state index in [9.17, 15) is 10.1 Å². The summed E-state index contributed by atoms with van der Waals surface area (Å²) >= 11 is 0. The van der Waals surface area contributed by atoms with Gasteiger partial charge in [0.25, 0.3) is 5.70 Å². The minimum Gasteiger partial charge on any atom is -0.371 e. The first-order chi connectivity index (χ1) is 8.16. The molecule has 1 aromatic rings. The predicted molar refractivity (Wildman–Crippen MR) is 65.0 cm³/mol. The highest BCUT2D eigenvalue weighted by Crippen LogP contribution is 2.24. The smallest absolute Gasteiger partial charge is 0.275 e. The average molecular weight is 233 g/mol. The molecule has 0 spiro atoms. The van der Waals surface area contributed by atoms with Gasteiger partial charge in [-0.2, -0.15) is 0 Å². The van der Waals surface area contributed by atoms with Gasteiger partial charge in [-0.25, -0.2) is 0 Å². The number of nitro groups is 1. The maximum Gasteiger partial charge on any atom is 0.275 e. The second-order valence-electron chi connectivity index (χ2n) is 4.24. The van der Waals surface area contributed by atoms with E-state index < -0.39 is 0 Å². The number of ether oxygens (including phenoxy) is 1. The first-order valence-electron chi connectivity index (χ1n) is 5.74.